The van der Waals surface area contributed by atoms with Gasteiger partial charge < -0.3 is 30.1 Å². The van der Waals surface area contributed by atoms with E-state index < -0.39 is 6.10 Å². The van der Waals surface area contributed by atoms with Gasteiger partial charge in [0.15, 0.2) is 5.65 Å². The fourth-order valence-electron chi connectivity index (χ4n) is 4.74. The fourth-order valence-corrected chi connectivity index (χ4v) is 4.74. The summed E-state index contributed by atoms with van der Waals surface area (Å²) in [6.45, 7) is 10.0. The van der Waals surface area contributed by atoms with Crippen molar-refractivity contribution in [3.05, 3.63) is 71.9 Å². The molecule has 0 spiro atoms. The van der Waals surface area contributed by atoms with Gasteiger partial charge in [-0.15, -0.1) is 0 Å². The SMILES string of the molecule is CC(O)COc1cc(-c2cc(N3CCOCC3)n3ncc(C(C)C)c3n2)cc(N(C)Cc2ccccc2)c1.CN. The molecule has 1 aliphatic heterocycles. The van der Waals surface area contributed by atoms with E-state index >= 15 is 0 Å². The van der Waals surface area contributed by atoms with Gasteiger partial charge in [0.1, 0.15) is 18.2 Å². The van der Waals surface area contributed by atoms with E-state index in [1.165, 1.54) is 12.6 Å². The molecule has 214 valence electrons. The zero-order chi connectivity index (χ0) is 28.6. The first-order valence-electron chi connectivity index (χ1n) is 13.9. The number of aromatic nitrogens is 3. The smallest absolute Gasteiger partial charge is 0.161 e. The number of morpholine rings is 1. The van der Waals surface area contributed by atoms with Gasteiger partial charge in [0.05, 0.1) is 31.2 Å². The third-order valence-electron chi connectivity index (χ3n) is 6.82. The molecule has 1 aliphatic rings. The van der Waals surface area contributed by atoms with Crippen LogP contribution < -0.4 is 20.3 Å². The lowest BCUT2D eigenvalue weighted by Gasteiger charge is -2.29. The topological polar surface area (TPSA) is 101 Å². The Morgan fingerprint density at radius 3 is 2.45 bits per heavy atom. The second-order valence-corrected chi connectivity index (χ2v) is 10.3. The van der Waals surface area contributed by atoms with Gasteiger partial charge in [-0.3, -0.25) is 0 Å². The quantitative estimate of drug-likeness (QED) is 0.320. The van der Waals surface area contributed by atoms with Crippen molar-refractivity contribution in [1.29, 1.82) is 0 Å². The van der Waals surface area contributed by atoms with Crippen molar-refractivity contribution in [2.24, 2.45) is 5.73 Å². The molecule has 0 radical (unpaired) electrons. The van der Waals surface area contributed by atoms with Crippen LogP contribution in [0.2, 0.25) is 0 Å². The van der Waals surface area contributed by atoms with Crippen molar-refractivity contribution >= 4 is 17.2 Å². The summed E-state index contributed by atoms with van der Waals surface area (Å²) < 4.78 is 13.6. The van der Waals surface area contributed by atoms with Crippen molar-refractivity contribution in [3.63, 3.8) is 0 Å². The first kappa shape index (κ1) is 29.3. The average molecular weight is 547 g/mol. The Morgan fingerprint density at radius 1 is 1.05 bits per heavy atom. The fraction of sp³-hybridized carbons (Fsp3) is 0.419. The summed E-state index contributed by atoms with van der Waals surface area (Å²) in [5, 5.41) is 14.6. The van der Waals surface area contributed by atoms with Crippen LogP contribution in [0.5, 0.6) is 5.75 Å². The number of rotatable bonds is 9. The molecule has 1 unspecified atom stereocenters. The molecule has 4 aromatic rings. The molecular weight excluding hydrogens is 504 g/mol. The molecule has 0 bridgehead atoms. The first-order chi connectivity index (χ1) is 19.4. The van der Waals surface area contributed by atoms with Crippen LogP contribution in [0.4, 0.5) is 11.5 Å². The molecule has 2 aromatic carbocycles. The van der Waals surface area contributed by atoms with E-state index in [4.69, 9.17) is 19.6 Å². The Labute approximate surface area is 237 Å². The molecule has 0 amide bonds. The van der Waals surface area contributed by atoms with Crippen LogP contribution in [0.15, 0.2) is 60.8 Å². The summed E-state index contributed by atoms with van der Waals surface area (Å²) in [6.07, 6.45) is 1.37. The van der Waals surface area contributed by atoms with Gasteiger partial charge in [-0.25, -0.2) is 4.98 Å². The van der Waals surface area contributed by atoms with Crippen molar-refractivity contribution in [3.8, 4) is 17.0 Å². The Hall–Kier alpha value is -3.66. The van der Waals surface area contributed by atoms with Gasteiger partial charge in [-0.05, 0) is 37.6 Å². The van der Waals surface area contributed by atoms with Crippen LogP contribution in [0.25, 0.3) is 16.9 Å². The lowest BCUT2D eigenvalue weighted by atomic mass is 10.1. The normalized spacial score (nSPS) is 14.2. The van der Waals surface area contributed by atoms with E-state index in [0.29, 0.717) is 24.9 Å². The molecule has 0 aliphatic carbocycles. The third kappa shape index (κ3) is 6.91. The van der Waals surface area contributed by atoms with Gasteiger partial charge in [0.2, 0.25) is 0 Å². The molecule has 1 fully saturated rings. The average Bonchev–Trinajstić information content (AvgIpc) is 3.42. The largest absolute Gasteiger partial charge is 0.491 e. The summed E-state index contributed by atoms with van der Waals surface area (Å²) in [7, 11) is 3.58. The molecular formula is C31H42N6O3. The second kappa shape index (κ2) is 13.6. The minimum absolute atomic E-state index is 0.219. The standard InChI is InChI=1S/C30H37N5O3.CH5N/c1-21(2)27-18-31-35-29(34-10-12-37-13-11-34)17-28(32-30(27)35)24-14-25(16-26(15-24)38-20-22(3)36)33(4)19-23-8-6-5-7-9-23;1-2/h5-9,14-18,21-22,36H,10-13,19-20H2,1-4H3;2H2,1H3. The Kier molecular flexibility index (Phi) is 9.98. The summed E-state index contributed by atoms with van der Waals surface area (Å²) in [5.41, 5.74) is 10.5. The monoisotopic (exact) mass is 546 g/mol. The molecule has 3 heterocycles. The highest BCUT2D eigenvalue weighted by molar-refractivity contribution is 5.73. The number of hydrogen-bond donors (Lipinski definition) is 2. The predicted octanol–water partition coefficient (Wildman–Crippen LogP) is 4.33. The maximum atomic E-state index is 9.86. The number of fused-ring (bicyclic) bond motifs is 1. The maximum Gasteiger partial charge on any atom is 0.161 e. The molecule has 1 atom stereocenters. The van der Waals surface area contributed by atoms with E-state index in [0.717, 1.165) is 53.6 Å². The summed E-state index contributed by atoms with van der Waals surface area (Å²) in [5.74, 6) is 2.00. The van der Waals surface area contributed by atoms with E-state index in [1.807, 2.05) is 28.9 Å². The molecule has 9 heteroatoms. The lowest BCUT2D eigenvalue weighted by molar-refractivity contribution is 0.122. The Bertz CT molecular complexity index is 1370. The van der Waals surface area contributed by atoms with E-state index in [2.05, 4.69) is 72.8 Å². The van der Waals surface area contributed by atoms with Gasteiger partial charge in [-0.2, -0.15) is 9.61 Å². The van der Waals surface area contributed by atoms with Crippen LogP contribution in [-0.4, -0.2) is 72.8 Å². The number of benzene rings is 2. The number of anilines is 2. The number of hydrogen-bond acceptors (Lipinski definition) is 8. The summed E-state index contributed by atoms with van der Waals surface area (Å²) >= 11 is 0. The van der Waals surface area contributed by atoms with Crippen LogP contribution >= 0.6 is 0 Å². The second-order valence-electron chi connectivity index (χ2n) is 10.3. The highest BCUT2D eigenvalue weighted by Crippen LogP contribution is 2.34. The van der Waals surface area contributed by atoms with Crippen LogP contribution in [0.1, 0.15) is 37.8 Å². The molecule has 3 N–H and O–H groups in total. The van der Waals surface area contributed by atoms with Crippen LogP contribution in [0.3, 0.4) is 0 Å². The molecule has 9 nitrogen and oxygen atoms in total. The molecule has 0 saturated carbocycles. The summed E-state index contributed by atoms with van der Waals surface area (Å²) in [6, 6.07) is 18.7. The van der Waals surface area contributed by atoms with E-state index in [-0.39, 0.29) is 6.61 Å². The van der Waals surface area contributed by atoms with E-state index in [1.54, 1.807) is 6.92 Å². The Balaban J connectivity index is 0.00000181. The minimum atomic E-state index is -0.563. The highest BCUT2D eigenvalue weighted by atomic mass is 16.5. The molecule has 2 aromatic heterocycles. The zero-order valence-electron chi connectivity index (χ0n) is 24.2. The van der Waals surface area contributed by atoms with Gasteiger partial charge >= 0.3 is 0 Å². The van der Waals surface area contributed by atoms with Gasteiger partial charge in [0.25, 0.3) is 0 Å². The van der Waals surface area contributed by atoms with Crippen molar-refractivity contribution in [2.75, 3.05) is 56.8 Å². The van der Waals surface area contributed by atoms with Crippen molar-refractivity contribution < 1.29 is 14.6 Å². The summed E-state index contributed by atoms with van der Waals surface area (Å²) in [4.78, 5) is 9.64. The van der Waals surface area contributed by atoms with E-state index in [9.17, 15) is 5.11 Å². The number of nitrogens with zero attached hydrogens (tertiary/aromatic N) is 5. The molecule has 40 heavy (non-hydrogen) atoms. The lowest BCUT2D eigenvalue weighted by Crippen LogP contribution is -2.37. The predicted molar refractivity (Wildman–Crippen MR) is 161 cm³/mol. The van der Waals surface area contributed by atoms with Crippen molar-refractivity contribution in [2.45, 2.75) is 39.3 Å². The number of aliphatic hydroxyl groups excluding tert-OH is 1. The highest BCUT2D eigenvalue weighted by Gasteiger charge is 2.21. The Morgan fingerprint density at radius 2 is 1.77 bits per heavy atom. The molecule has 1 saturated heterocycles. The van der Waals surface area contributed by atoms with Crippen LogP contribution in [-0.2, 0) is 11.3 Å². The maximum absolute atomic E-state index is 9.86. The zero-order valence-corrected chi connectivity index (χ0v) is 24.2. The number of nitrogens with two attached hydrogens (primary N) is 1. The van der Waals surface area contributed by atoms with Gasteiger partial charge in [-0.1, -0.05) is 44.2 Å². The minimum Gasteiger partial charge on any atom is -0.491 e. The van der Waals surface area contributed by atoms with Crippen LogP contribution in [0, 0.1) is 0 Å². The number of ether oxygens (including phenoxy) is 2. The van der Waals surface area contributed by atoms with Crippen molar-refractivity contribution in [1.82, 2.24) is 14.6 Å². The number of aliphatic hydroxyl groups is 1. The van der Waals surface area contributed by atoms with Gasteiger partial charge in [0, 0.05) is 55.6 Å². The third-order valence-corrected chi connectivity index (χ3v) is 6.82. The first-order valence-corrected chi connectivity index (χ1v) is 13.9. The molecule has 5 rings (SSSR count).